The van der Waals surface area contributed by atoms with Crippen LogP contribution in [0.15, 0.2) is 79.9 Å². The molecule has 1 N–H and O–H groups in total. The summed E-state index contributed by atoms with van der Waals surface area (Å²) in [7, 11) is 1.68. The first-order valence-electron chi connectivity index (χ1n) is 18.1. The Hall–Kier alpha value is -4.40. The molecular weight excluding hydrogens is 744 g/mol. The second kappa shape index (κ2) is 15.9. The summed E-state index contributed by atoms with van der Waals surface area (Å²) in [5, 5.41) is 19.1. The number of likely N-dealkylation sites (N-methyl/N-ethyl adjacent to an activating group) is 1. The molecule has 13 nitrogen and oxygen atoms in total. The molecule has 4 heterocycles. The zero-order chi connectivity index (χ0) is 38.0. The molecule has 3 aliphatic rings. The molecule has 3 saturated heterocycles. The van der Waals surface area contributed by atoms with Gasteiger partial charge in [0.05, 0.1) is 42.1 Å². The summed E-state index contributed by atoms with van der Waals surface area (Å²) in [6.07, 6.45) is 3.05. The Morgan fingerprint density at radius 1 is 1.15 bits per heavy atom. The third kappa shape index (κ3) is 6.81. The Balaban J connectivity index is 1.36. The van der Waals surface area contributed by atoms with Crippen molar-refractivity contribution in [2.75, 3.05) is 20.2 Å². The van der Waals surface area contributed by atoms with Gasteiger partial charge >= 0.3 is 5.97 Å². The largest absolute Gasteiger partial charge is 0.455 e. The van der Waals surface area contributed by atoms with E-state index in [9.17, 15) is 24.3 Å². The Labute approximate surface area is 317 Å². The molecule has 0 saturated carbocycles. The number of amides is 3. The topological polar surface area (TPSA) is 147 Å². The standard InChI is InChI=1S/C39H47BrN6O7/c1-6-9-19-30(48)43(5)24(4)33(25-15-11-10-12-16-25)52-38(51)31-32-36(49)46(26(8-3)22-47)35(39(32)21-27(40)34(31)53-39)37(50)44(20-7-2)23-45-29-18-14-13-17-28(29)41-42-45/h6-7,10-18,24,26-27,31-35,47H,1-2,8-9,19-23H2,3-5H3/t24-,26-,27?,31+,32-,33+,34+,35+,39-/m0/s1. The summed E-state index contributed by atoms with van der Waals surface area (Å²) in [5.74, 6) is -3.77. The van der Waals surface area contributed by atoms with Gasteiger partial charge in [-0.25, -0.2) is 4.68 Å². The minimum atomic E-state index is -1.39. The normalized spacial score (nSPS) is 26.2. The molecule has 3 amide bonds. The van der Waals surface area contributed by atoms with Crippen molar-refractivity contribution in [1.29, 1.82) is 0 Å². The summed E-state index contributed by atoms with van der Waals surface area (Å²) < 4.78 is 14.7. The van der Waals surface area contributed by atoms with Crippen LogP contribution in [-0.4, -0.2) is 113 Å². The van der Waals surface area contributed by atoms with Crippen LogP contribution >= 0.6 is 15.9 Å². The number of aliphatic hydroxyl groups excluding tert-OH is 1. The van der Waals surface area contributed by atoms with Crippen LogP contribution in [0.2, 0.25) is 0 Å². The number of allylic oxidation sites excluding steroid dienone is 1. The molecule has 3 aliphatic heterocycles. The van der Waals surface area contributed by atoms with Gasteiger partial charge in [-0.15, -0.1) is 18.3 Å². The number of carbonyl (C=O) groups is 4. The van der Waals surface area contributed by atoms with Crippen LogP contribution in [0.3, 0.4) is 0 Å². The van der Waals surface area contributed by atoms with E-state index in [1.54, 1.807) is 28.8 Å². The summed E-state index contributed by atoms with van der Waals surface area (Å²) in [6, 6.07) is 14.1. The third-order valence-corrected chi connectivity index (χ3v) is 11.9. The summed E-state index contributed by atoms with van der Waals surface area (Å²) in [6.45, 7) is 11.0. The third-order valence-electron chi connectivity index (χ3n) is 11.1. The fourth-order valence-electron chi connectivity index (χ4n) is 8.28. The first-order valence-corrected chi connectivity index (χ1v) is 19.0. The first-order chi connectivity index (χ1) is 25.5. The molecule has 53 heavy (non-hydrogen) atoms. The van der Waals surface area contributed by atoms with Crippen molar-refractivity contribution >= 4 is 50.7 Å². The molecule has 3 fully saturated rings. The van der Waals surface area contributed by atoms with Gasteiger partial charge in [0.1, 0.15) is 29.9 Å². The number of carbonyl (C=O) groups excluding carboxylic acids is 4. The summed E-state index contributed by atoms with van der Waals surface area (Å²) >= 11 is 3.74. The molecular formula is C39H47BrN6O7. The van der Waals surface area contributed by atoms with Crippen molar-refractivity contribution in [3.05, 3.63) is 85.5 Å². The number of para-hydroxylation sites is 1. The molecule has 1 unspecified atom stereocenters. The van der Waals surface area contributed by atoms with Gasteiger partial charge in [-0.05, 0) is 43.9 Å². The molecule has 0 aliphatic carbocycles. The smallest absolute Gasteiger partial charge is 0.313 e. The monoisotopic (exact) mass is 790 g/mol. The maximum absolute atomic E-state index is 15.0. The molecule has 0 radical (unpaired) electrons. The Bertz CT molecular complexity index is 1850. The number of aromatic nitrogens is 3. The molecule has 282 valence electrons. The molecule has 14 heteroatoms. The Kier molecular flexibility index (Phi) is 11.5. The van der Waals surface area contributed by atoms with Gasteiger partial charge < -0.3 is 29.3 Å². The van der Waals surface area contributed by atoms with Crippen molar-refractivity contribution in [3.8, 4) is 0 Å². The maximum Gasteiger partial charge on any atom is 0.313 e. The molecule has 2 aromatic carbocycles. The van der Waals surface area contributed by atoms with Crippen molar-refractivity contribution in [2.45, 2.75) is 87.0 Å². The Morgan fingerprint density at radius 2 is 1.87 bits per heavy atom. The van der Waals surface area contributed by atoms with E-state index in [1.807, 2.05) is 68.4 Å². The van der Waals surface area contributed by atoms with Crippen molar-refractivity contribution in [1.82, 2.24) is 29.7 Å². The average Bonchev–Trinajstić information content (AvgIpc) is 3.89. The molecule has 1 aromatic heterocycles. The lowest BCUT2D eigenvalue weighted by atomic mass is 9.70. The second-order valence-electron chi connectivity index (χ2n) is 14.1. The Morgan fingerprint density at radius 3 is 2.55 bits per heavy atom. The fourth-order valence-corrected chi connectivity index (χ4v) is 9.22. The van der Waals surface area contributed by atoms with Gasteiger partial charge in [-0.3, -0.25) is 19.2 Å². The number of aliphatic hydroxyl groups is 1. The maximum atomic E-state index is 15.0. The number of rotatable bonds is 16. The van der Waals surface area contributed by atoms with Crippen LogP contribution in [-0.2, 0) is 35.3 Å². The zero-order valence-corrected chi connectivity index (χ0v) is 31.9. The molecule has 6 rings (SSSR count). The lowest BCUT2D eigenvalue weighted by molar-refractivity contribution is -0.165. The van der Waals surface area contributed by atoms with Gasteiger partial charge in [0.15, 0.2) is 0 Å². The molecule has 3 aromatic rings. The van der Waals surface area contributed by atoms with Crippen molar-refractivity contribution in [2.24, 2.45) is 11.8 Å². The highest BCUT2D eigenvalue weighted by atomic mass is 79.9. The minimum absolute atomic E-state index is 0.0167. The SMILES string of the molecule is C=CCCC(=O)N(C)[C@@H](C)[C@@H](OC(=O)[C@H]1[C@@H]2O[C@@]3(CC2Br)[C@@H]1C(=O)N([C@@H](CC)CO)[C@@H]3C(=O)N(CC=C)Cn1nnc2ccccc21)c1ccccc1. The first kappa shape index (κ1) is 38.3. The predicted octanol–water partition coefficient (Wildman–Crippen LogP) is 4.02. The number of halogens is 1. The number of likely N-dealkylation sites (tertiary alicyclic amines) is 1. The number of nitrogens with zero attached hydrogens (tertiary/aromatic N) is 6. The van der Waals surface area contributed by atoms with Gasteiger partial charge in [-0.2, -0.15) is 0 Å². The summed E-state index contributed by atoms with van der Waals surface area (Å²) in [4.78, 5) is 61.5. The van der Waals surface area contributed by atoms with Crippen LogP contribution in [0.25, 0.3) is 11.0 Å². The summed E-state index contributed by atoms with van der Waals surface area (Å²) in [5.41, 5.74) is 0.681. The van der Waals surface area contributed by atoms with Gasteiger partial charge in [0, 0.05) is 24.8 Å². The number of hydrogen-bond donors (Lipinski definition) is 1. The highest BCUT2D eigenvalue weighted by molar-refractivity contribution is 9.09. The van der Waals surface area contributed by atoms with Gasteiger partial charge in [0.2, 0.25) is 17.7 Å². The number of alkyl halides is 1. The lowest BCUT2D eigenvalue weighted by Crippen LogP contribution is -2.59. The van der Waals surface area contributed by atoms with Gasteiger partial charge in [-0.1, -0.05) is 82.7 Å². The van der Waals surface area contributed by atoms with E-state index in [0.29, 0.717) is 23.9 Å². The number of hydrogen-bond acceptors (Lipinski definition) is 9. The van der Waals surface area contributed by atoms with Crippen LogP contribution in [0.1, 0.15) is 51.2 Å². The van der Waals surface area contributed by atoms with Crippen LogP contribution in [0.4, 0.5) is 0 Å². The quantitative estimate of drug-likeness (QED) is 0.129. The lowest BCUT2D eigenvalue weighted by Gasteiger charge is -2.39. The minimum Gasteiger partial charge on any atom is -0.455 e. The number of esters is 1. The van der Waals surface area contributed by atoms with Gasteiger partial charge in [0.25, 0.3) is 0 Å². The van der Waals surface area contributed by atoms with E-state index in [0.717, 1.165) is 5.52 Å². The van der Waals surface area contributed by atoms with Crippen molar-refractivity contribution < 1.29 is 33.8 Å². The van der Waals surface area contributed by atoms with Crippen LogP contribution < -0.4 is 0 Å². The fraction of sp³-hybridized carbons (Fsp3) is 0.487. The number of ether oxygens (including phenoxy) is 2. The predicted molar refractivity (Wildman–Crippen MR) is 200 cm³/mol. The van der Waals surface area contributed by atoms with Crippen molar-refractivity contribution in [3.63, 3.8) is 0 Å². The van der Waals surface area contributed by atoms with Crippen LogP contribution in [0, 0.1) is 11.8 Å². The second-order valence-corrected chi connectivity index (χ2v) is 15.2. The van der Waals surface area contributed by atoms with E-state index in [2.05, 4.69) is 39.4 Å². The zero-order valence-electron chi connectivity index (χ0n) is 30.3. The van der Waals surface area contributed by atoms with E-state index in [-0.39, 0.29) is 43.4 Å². The number of fused-ring (bicyclic) bond motifs is 2. The van der Waals surface area contributed by atoms with E-state index in [4.69, 9.17) is 9.47 Å². The highest BCUT2D eigenvalue weighted by Crippen LogP contribution is 2.61. The number of benzene rings is 2. The van der Waals surface area contributed by atoms with E-state index >= 15 is 0 Å². The average molecular weight is 792 g/mol. The van der Waals surface area contributed by atoms with E-state index in [1.165, 1.54) is 9.80 Å². The molecule has 2 bridgehead atoms. The molecule has 1 spiro atoms. The van der Waals surface area contributed by atoms with E-state index < -0.39 is 65.6 Å². The molecule has 9 atom stereocenters. The van der Waals surface area contributed by atoms with Crippen LogP contribution in [0.5, 0.6) is 0 Å². The highest BCUT2D eigenvalue weighted by Gasteiger charge is 2.77.